The molecule has 2 aliphatic carbocycles. The van der Waals surface area contributed by atoms with Crippen LogP contribution in [0.5, 0.6) is 0 Å². The van der Waals surface area contributed by atoms with Crippen molar-refractivity contribution < 1.29 is 49.5 Å². The van der Waals surface area contributed by atoms with E-state index in [9.17, 15) is 0 Å². The van der Waals surface area contributed by atoms with Crippen molar-refractivity contribution in [2.45, 2.75) is 62.4 Å². The van der Waals surface area contributed by atoms with E-state index in [-0.39, 0.29) is 35.6 Å². The molecule has 1 atom stereocenters. The van der Waals surface area contributed by atoms with E-state index in [1.807, 2.05) is 0 Å². The number of fused-ring (bicyclic) bond motifs is 3. The van der Waals surface area contributed by atoms with E-state index in [1.54, 1.807) is 24.7 Å². The minimum absolute atomic E-state index is 0. The maximum atomic E-state index is 2.56. The van der Waals surface area contributed by atoms with E-state index < -0.39 is 0 Å². The molecular weight excluding hydrogens is 619 g/mol. The first-order valence-corrected chi connectivity index (χ1v) is 15.6. The van der Waals surface area contributed by atoms with E-state index in [0.29, 0.717) is 3.63 Å². The van der Waals surface area contributed by atoms with E-state index in [4.69, 9.17) is 0 Å². The van der Waals surface area contributed by atoms with Gasteiger partial charge >= 0.3 is 251 Å². The van der Waals surface area contributed by atoms with Gasteiger partial charge in [0.05, 0.1) is 0 Å². The maximum Gasteiger partial charge on any atom is -1.00 e. The van der Waals surface area contributed by atoms with Gasteiger partial charge in [0.25, 0.3) is 0 Å². The van der Waals surface area contributed by atoms with Crippen LogP contribution in [0.15, 0.2) is 97.1 Å². The van der Waals surface area contributed by atoms with Crippen LogP contribution in [0.2, 0.25) is 0 Å². The number of hydrogen-bond donors (Lipinski definition) is 0. The number of hydrogen-bond acceptors (Lipinski definition) is 0. The number of rotatable bonds is 3. The fourth-order valence-corrected chi connectivity index (χ4v) is 7.73. The SMILES string of the molecule is CC(C)(C)c1cc2c(cc1-c1ccccc1)[CH]([Zr+2])c1c-2cc(C(C)(C)C)c(-c2ccccc2)c1C1=CC=CC1.[Cl-].[Cl-]. The zero-order chi connectivity index (χ0) is 27.5. The van der Waals surface area contributed by atoms with Crippen LogP contribution < -0.4 is 24.8 Å². The summed E-state index contributed by atoms with van der Waals surface area (Å²) in [6, 6.07) is 29.7. The van der Waals surface area contributed by atoms with Crippen LogP contribution in [-0.4, -0.2) is 0 Å². The summed E-state index contributed by atoms with van der Waals surface area (Å²) in [6.07, 6.45) is 7.91. The summed E-state index contributed by atoms with van der Waals surface area (Å²) >= 11 is 1.55. The van der Waals surface area contributed by atoms with E-state index in [0.717, 1.165) is 6.42 Å². The number of benzene rings is 4. The van der Waals surface area contributed by atoms with E-state index in [1.165, 1.54) is 66.8 Å². The van der Waals surface area contributed by atoms with Gasteiger partial charge in [-0.2, -0.15) is 0 Å². The van der Waals surface area contributed by atoms with Crippen LogP contribution in [0.25, 0.3) is 39.0 Å². The predicted octanol–water partition coefficient (Wildman–Crippen LogP) is 4.58. The molecule has 0 fully saturated rings. The molecule has 0 heterocycles. The molecule has 0 nitrogen and oxygen atoms in total. The van der Waals surface area contributed by atoms with Gasteiger partial charge in [-0.15, -0.1) is 0 Å². The van der Waals surface area contributed by atoms with Gasteiger partial charge in [0.15, 0.2) is 0 Å². The first-order valence-electron chi connectivity index (χ1n) is 14.1. The van der Waals surface area contributed by atoms with Crippen molar-refractivity contribution in [1.29, 1.82) is 0 Å². The minimum atomic E-state index is 0. The average Bonchev–Trinajstić information content (AvgIpc) is 3.54. The van der Waals surface area contributed by atoms with Gasteiger partial charge < -0.3 is 24.8 Å². The summed E-state index contributed by atoms with van der Waals surface area (Å²) in [5, 5.41) is 0. The summed E-state index contributed by atoms with van der Waals surface area (Å²) in [7, 11) is 0. The van der Waals surface area contributed by atoms with Crippen LogP contribution in [0.4, 0.5) is 0 Å². The third-order valence-corrected chi connectivity index (χ3v) is 9.78. The van der Waals surface area contributed by atoms with Crippen LogP contribution >= 0.6 is 0 Å². The molecule has 0 bridgehead atoms. The average molecular weight is 656 g/mol. The standard InChI is InChI=1S/C38H37.2ClH.Zr/c1-37(2,3)33-23-29-28(21-30(33)25-15-9-7-10-16-25)22-32-31(29)24-34(38(4,5)6)36(27-17-11-8-12-18-27)35(32)26-19-13-14-20-26;;;/h7-19,21-24H,20H2,1-6H3;2*1H;/q;;;+2/p-2. The van der Waals surface area contributed by atoms with Crippen molar-refractivity contribution in [3.05, 3.63) is 125 Å². The molecule has 0 N–H and O–H groups in total. The van der Waals surface area contributed by atoms with Crippen molar-refractivity contribution in [3.8, 4) is 33.4 Å². The molecule has 0 aliphatic heterocycles. The molecule has 41 heavy (non-hydrogen) atoms. The van der Waals surface area contributed by atoms with Gasteiger partial charge in [0.1, 0.15) is 0 Å². The molecule has 2 aliphatic rings. The second-order valence-corrected chi connectivity index (χ2v) is 14.5. The Kier molecular flexibility index (Phi) is 9.17. The van der Waals surface area contributed by atoms with Crippen LogP contribution in [0.1, 0.15) is 79.4 Å². The molecule has 0 aromatic heterocycles. The van der Waals surface area contributed by atoms with Crippen molar-refractivity contribution in [3.63, 3.8) is 0 Å². The van der Waals surface area contributed by atoms with Crippen molar-refractivity contribution >= 4 is 5.57 Å². The Bertz CT molecular complexity index is 1630. The molecule has 0 amide bonds. The zero-order valence-electron chi connectivity index (χ0n) is 24.8. The fraction of sp³-hybridized carbons (Fsp3) is 0.263. The molecule has 3 heteroatoms. The van der Waals surface area contributed by atoms with Gasteiger partial charge in [-0.3, -0.25) is 0 Å². The fourth-order valence-electron chi connectivity index (χ4n) is 6.40. The van der Waals surface area contributed by atoms with Gasteiger partial charge in [0.2, 0.25) is 0 Å². The monoisotopic (exact) mass is 653 g/mol. The first kappa shape index (κ1) is 31.8. The van der Waals surface area contributed by atoms with Crippen molar-refractivity contribution in [2.75, 3.05) is 0 Å². The summed E-state index contributed by atoms with van der Waals surface area (Å²) in [5.41, 5.74) is 17.2. The molecule has 207 valence electrons. The van der Waals surface area contributed by atoms with Crippen LogP contribution in [0.3, 0.4) is 0 Å². The third-order valence-electron chi connectivity index (χ3n) is 8.30. The molecule has 0 radical (unpaired) electrons. The summed E-state index contributed by atoms with van der Waals surface area (Å²) in [6.45, 7) is 14.2. The van der Waals surface area contributed by atoms with Gasteiger partial charge in [-0.05, 0) is 0 Å². The Hall–Kier alpha value is -2.18. The van der Waals surface area contributed by atoms with Crippen LogP contribution in [0, 0.1) is 0 Å². The summed E-state index contributed by atoms with van der Waals surface area (Å²) < 4.78 is 0.409. The second-order valence-electron chi connectivity index (χ2n) is 13.1. The van der Waals surface area contributed by atoms with Crippen molar-refractivity contribution in [2.24, 2.45) is 0 Å². The Balaban J connectivity index is 0.00000194. The zero-order valence-corrected chi connectivity index (χ0v) is 28.7. The number of allylic oxidation sites excluding steroid dienone is 4. The van der Waals surface area contributed by atoms with Gasteiger partial charge in [-0.1, -0.05) is 0 Å². The molecule has 0 saturated carbocycles. The Morgan fingerprint density at radius 2 is 1.20 bits per heavy atom. The molecule has 4 aromatic carbocycles. The Labute approximate surface area is 274 Å². The second kappa shape index (κ2) is 11.8. The quantitative estimate of drug-likeness (QED) is 0.303. The van der Waals surface area contributed by atoms with E-state index >= 15 is 0 Å². The smallest absolute Gasteiger partial charge is 1.00 e. The topological polar surface area (TPSA) is 0 Å². The third kappa shape index (κ3) is 5.63. The molecule has 6 rings (SSSR count). The minimum Gasteiger partial charge on any atom is -1.00 e. The Morgan fingerprint density at radius 3 is 1.73 bits per heavy atom. The largest absolute Gasteiger partial charge is 1.00 e. The summed E-state index contributed by atoms with van der Waals surface area (Å²) in [4.78, 5) is 0. The van der Waals surface area contributed by atoms with Crippen LogP contribution in [-0.2, 0) is 35.5 Å². The Morgan fingerprint density at radius 1 is 0.634 bits per heavy atom. The maximum absolute atomic E-state index is 2.56. The number of halogens is 2. The van der Waals surface area contributed by atoms with E-state index in [2.05, 4.69) is 139 Å². The van der Waals surface area contributed by atoms with Gasteiger partial charge in [0, 0.05) is 0 Å². The molecule has 4 aromatic rings. The normalized spacial score (nSPS) is 15.5. The molecule has 1 unspecified atom stereocenters. The molecule has 0 saturated heterocycles. The molecular formula is C38H37Cl2Zr. The summed E-state index contributed by atoms with van der Waals surface area (Å²) in [5.74, 6) is 0. The van der Waals surface area contributed by atoms with Crippen molar-refractivity contribution in [1.82, 2.24) is 0 Å². The predicted molar refractivity (Wildman–Crippen MR) is 164 cm³/mol. The first-order chi connectivity index (χ1) is 18.6. The van der Waals surface area contributed by atoms with Gasteiger partial charge in [-0.25, -0.2) is 0 Å². The molecule has 0 spiro atoms.